The molecule has 0 N–H and O–H groups in total. The van der Waals surface area contributed by atoms with Crippen LogP contribution in [0.15, 0.2) is 182 Å². The van der Waals surface area contributed by atoms with Gasteiger partial charge in [0, 0.05) is 11.3 Å². The summed E-state index contributed by atoms with van der Waals surface area (Å²) in [5.74, 6) is 0.858. The summed E-state index contributed by atoms with van der Waals surface area (Å²) in [7, 11) is 0. The van der Waals surface area contributed by atoms with Gasteiger partial charge in [0.05, 0.1) is 17.9 Å². The number of benzene rings is 8. The van der Waals surface area contributed by atoms with Crippen molar-refractivity contribution in [2.45, 2.75) is 0 Å². The van der Waals surface area contributed by atoms with Gasteiger partial charge >= 0.3 is 0 Å². The van der Waals surface area contributed by atoms with E-state index in [2.05, 4.69) is 77.4 Å². The van der Waals surface area contributed by atoms with Crippen LogP contribution >= 0.6 is 0 Å². The molecule has 220 valence electrons. The average Bonchev–Trinajstić information content (AvgIpc) is 3.59. The van der Waals surface area contributed by atoms with E-state index < -0.39 is 6.04 Å². The highest BCUT2D eigenvalue weighted by atomic mass is 15.1. The zero-order valence-electron chi connectivity index (χ0n) is 30.3. The molecule has 0 radical (unpaired) electrons. The lowest BCUT2D eigenvalue weighted by atomic mass is 9.84. The lowest BCUT2D eigenvalue weighted by molar-refractivity contribution is 1.10. The Kier molecular flexibility index (Phi) is 5.35. The smallest absolute Gasteiger partial charge is 0.145 e. The Bertz CT molecular complexity index is 2800. The molecule has 0 bridgehead atoms. The third-order valence-electron chi connectivity index (χ3n) is 8.88. The molecule has 2 nitrogen and oxygen atoms in total. The third-order valence-corrected chi connectivity index (χ3v) is 8.88. The zero-order valence-corrected chi connectivity index (χ0v) is 25.3. The average molecular weight is 604 g/mol. The van der Waals surface area contributed by atoms with Crippen LogP contribution in [0.5, 0.6) is 0 Å². The third kappa shape index (κ3) is 4.62. The van der Waals surface area contributed by atoms with E-state index in [1.807, 2.05) is 78.9 Å². The minimum absolute atomic E-state index is 0.187. The molecule has 8 aromatic carbocycles. The van der Waals surface area contributed by atoms with Crippen molar-refractivity contribution in [3.63, 3.8) is 0 Å². The van der Waals surface area contributed by atoms with Crippen LogP contribution in [0.25, 0.3) is 83.0 Å². The van der Waals surface area contributed by atoms with E-state index in [9.17, 15) is 0 Å². The van der Waals surface area contributed by atoms with Crippen molar-refractivity contribution in [1.82, 2.24) is 9.55 Å². The van der Waals surface area contributed by atoms with Crippen molar-refractivity contribution in [2.24, 2.45) is 0 Å². The number of rotatable bonds is 5. The van der Waals surface area contributed by atoms with Crippen molar-refractivity contribution in [3.8, 4) is 50.5 Å². The fourth-order valence-corrected chi connectivity index (χ4v) is 6.80. The molecule has 0 fully saturated rings. The number of fused-ring (bicyclic) bond motifs is 3. The van der Waals surface area contributed by atoms with Crippen molar-refractivity contribution >= 4 is 32.6 Å². The molecule has 0 saturated heterocycles. The van der Waals surface area contributed by atoms with E-state index >= 15 is 0 Å². The number of aromatic nitrogens is 2. The van der Waals surface area contributed by atoms with Crippen molar-refractivity contribution < 1.29 is 6.85 Å². The first-order valence-electron chi connectivity index (χ1n) is 18.2. The van der Waals surface area contributed by atoms with Crippen LogP contribution in [0.1, 0.15) is 6.85 Å². The summed E-state index contributed by atoms with van der Waals surface area (Å²) in [4.78, 5) is 5.07. The molecule has 0 spiro atoms. The van der Waals surface area contributed by atoms with Gasteiger partial charge in [0.2, 0.25) is 0 Å². The molecule has 47 heavy (non-hydrogen) atoms. The van der Waals surface area contributed by atoms with Crippen molar-refractivity contribution in [3.05, 3.63) is 182 Å². The van der Waals surface area contributed by atoms with Gasteiger partial charge in [-0.25, -0.2) is 4.98 Å². The van der Waals surface area contributed by atoms with Gasteiger partial charge in [-0.2, -0.15) is 0 Å². The summed E-state index contributed by atoms with van der Waals surface area (Å²) < 4.78 is 44.5. The summed E-state index contributed by atoms with van der Waals surface area (Å²) in [5.41, 5.74) is 8.89. The van der Waals surface area contributed by atoms with Crippen molar-refractivity contribution in [1.29, 1.82) is 0 Å². The molecule has 1 aromatic heterocycles. The number of para-hydroxylation sites is 3. The van der Waals surface area contributed by atoms with Gasteiger partial charge in [0.25, 0.3) is 0 Å². The van der Waals surface area contributed by atoms with Crippen LogP contribution in [0, 0.1) is 0 Å². The quantitative estimate of drug-likeness (QED) is 0.179. The van der Waals surface area contributed by atoms with Gasteiger partial charge in [-0.3, -0.25) is 4.57 Å². The molecule has 1 heterocycles. The van der Waals surface area contributed by atoms with E-state index in [4.69, 9.17) is 11.8 Å². The number of nitrogens with zero attached hydrogens (tertiary/aromatic N) is 2. The maximum absolute atomic E-state index is 8.72. The largest absolute Gasteiger partial charge is 0.292 e. The Morgan fingerprint density at radius 2 is 0.979 bits per heavy atom. The first-order chi connectivity index (χ1) is 25.4. The van der Waals surface area contributed by atoms with Gasteiger partial charge in [0.1, 0.15) is 5.82 Å². The fraction of sp³-hybridized carbons (Fsp3) is 0. The predicted octanol–water partition coefficient (Wildman–Crippen LogP) is 12.0. The molecule has 0 aliphatic rings. The first kappa shape index (κ1) is 22.3. The number of hydrogen-bond donors (Lipinski definition) is 0. The first-order valence-corrected chi connectivity index (χ1v) is 15.7. The molecule has 2 heteroatoms. The highest BCUT2D eigenvalue weighted by molar-refractivity contribution is 6.22. The summed E-state index contributed by atoms with van der Waals surface area (Å²) in [5, 5.41) is 4.08. The monoisotopic (exact) mass is 603 g/mol. The molecule has 0 saturated carbocycles. The topological polar surface area (TPSA) is 17.8 Å². The summed E-state index contributed by atoms with van der Waals surface area (Å²) in [6.07, 6.45) is 0. The molecule has 9 rings (SSSR count). The molecular formula is C45H30N2. The van der Waals surface area contributed by atoms with Crippen LogP contribution < -0.4 is 0 Å². The molecule has 0 aliphatic heterocycles. The maximum atomic E-state index is 8.72. The SMILES string of the molecule is [2H]c1c([2H])c([2H])c(-c2ccc3c(-c4ccc(-c5nc6ccccc6n5-c5ccccc5)cc4)c4ccccc4c(-c4ccccc4)c3c2)c([2H])c1[2H]. The normalized spacial score (nSPS) is 12.9. The van der Waals surface area contributed by atoms with Crippen LogP contribution in [0.3, 0.4) is 0 Å². The molecule has 0 aliphatic carbocycles. The second-order valence-corrected chi connectivity index (χ2v) is 11.6. The van der Waals surface area contributed by atoms with Gasteiger partial charge in [0.15, 0.2) is 0 Å². The Morgan fingerprint density at radius 3 is 1.72 bits per heavy atom. The highest BCUT2D eigenvalue weighted by Gasteiger charge is 2.19. The molecule has 0 amide bonds. The van der Waals surface area contributed by atoms with Gasteiger partial charge in [-0.05, 0) is 85.3 Å². The lowest BCUT2D eigenvalue weighted by Crippen LogP contribution is -1.97. The highest BCUT2D eigenvalue weighted by Crippen LogP contribution is 2.45. The molecular weight excluding hydrogens is 569 g/mol. The van der Waals surface area contributed by atoms with Gasteiger partial charge < -0.3 is 0 Å². The minimum atomic E-state index is -0.402. The Hall–Kier alpha value is -6.25. The zero-order chi connectivity index (χ0) is 35.5. The second-order valence-electron chi connectivity index (χ2n) is 11.6. The maximum Gasteiger partial charge on any atom is 0.145 e. The second kappa shape index (κ2) is 11.3. The van der Waals surface area contributed by atoms with E-state index in [1.165, 1.54) is 0 Å². The Morgan fingerprint density at radius 1 is 0.426 bits per heavy atom. The van der Waals surface area contributed by atoms with Crippen LogP contribution in [-0.4, -0.2) is 9.55 Å². The van der Waals surface area contributed by atoms with E-state index in [-0.39, 0.29) is 29.7 Å². The van der Waals surface area contributed by atoms with Crippen LogP contribution in [-0.2, 0) is 0 Å². The van der Waals surface area contributed by atoms with E-state index in [1.54, 1.807) is 0 Å². The van der Waals surface area contributed by atoms with Gasteiger partial charge in [-0.1, -0.05) is 152 Å². The fourth-order valence-electron chi connectivity index (χ4n) is 6.80. The summed E-state index contributed by atoms with van der Waals surface area (Å²) in [6, 6.07) is 50.0. The van der Waals surface area contributed by atoms with Crippen LogP contribution in [0.2, 0.25) is 0 Å². The number of imidazole rings is 1. The lowest BCUT2D eigenvalue weighted by Gasteiger charge is -2.19. The standard InChI is InChI=1S/C45H30N2/c1-4-14-31(15-5-1)35-28-29-39-40(30-35)44(32-16-6-2-7-17-32)38-21-11-10-20-37(38)43(39)33-24-26-34(27-25-33)45-46-41-22-12-13-23-42(41)47(45)36-18-8-3-9-19-36/h1-30H/i1D,4D,5D,14D,15D. The summed E-state index contributed by atoms with van der Waals surface area (Å²) >= 11 is 0. The minimum Gasteiger partial charge on any atom is -0.292 e. The van der Waals surface area contributed by atoms with Gasteiger partial charge in [-0.15, -0.1) is 0 Å². The molecule has 9 aromatic rings. The van der Waals surface area contributed by atoms with E-state index in [0.717, 1.165) is 71.9 Å². The molecule has 0 atom stereocenters. The van der Waals surface area contributed by atoms with Crippen LogP contribution in [0.4, 0.5) is 0 Å². The Labute approximate surface area is 280 Å². The summed E-state index contributed by atoms with van der Waals surface area (Å²) in [6.45, 7) is 0. The van der Waals surface area contributed by atoms with Crippen molar-refractivity contribution in [2.75, 3.05) is 0 Å². The molecule has 0 unspecified atom stereocenters. The predicted molar refractivity (Wildman–Crippen MR) is 198 cm³/mol. The Balaban J connectivity index is 1.29. The number of hydrogen-bond acceptors (Lipinski definition) is 1. The van der Waals surface area contributed by atoms with E-state index in [0.29, 0.717) is 5.56 Å².